The standard InChI is InChI=1S/C17H14BrNO3/c1-10-7-12(18)8-13-15(10)19(17(21)16(13)20)9-11-5-3-4-6-14(11)22-2/h3-8H,9H2,1-2H3. The van der Waals surface area contributed by atoms with Crippen LogP contribution in [0.2, 0.25) is 0 Å². The SMILES string of the molecule is COc1ccccc1CN1C(=O)C(=O)c2cc(Br)cc(C)c21. The number of fused-ring (bicyclic) bond motifs is 1. The zero-order chi connectivity index (χ0) is 15.9. The predicted molar refractivity (Wildman–Crippen MR) is 87.4 cm³/mol. The Kier molecular flexibility index (Phi) is 3.74. The lowest BCUT2D eigenvalue weighted by Crippen LogP contribution is -2.29. The van der Waals surface area contributed by atoms with Crippen molar-refractivity contribution in [3.05, 3.63) is 57.6 Å². The first-order chi connectivity index (χ1) is 10.5. The summed E-state index contributed by atoms with van der Waals surface area (Å²) in [5.41, 5.74) is 2.88. The van der Waals surface area contributed by atoms with Crippen LogP contribution in [0.5, 0.6) is 5.75 Å². The van der Waals surface area contributed by atoms with Gasteiger partial charge in [-0.2, -0.15) is 0 Å². The highest BCUT2D eigenvalue weighted by molar-refractivity contribution is 9.10. The summed E-state index contributed by atoms with van der Waals surface area (Å²) < 4.78 is 6.12. The third kappa shape index (κ3) is 2.31. The molecule has 4 nitrogen and oxygen atoms in total. The molecule has 1 heterocycles. The normalized spacial score (nSPS) is 13.5. The van der Waals surface area contributed by atoms with Gasteiger partial charge >= 0.3 is 0 Å². The molecule has 0 radical (unpaired) electrons. The van der Waals surface area contributed by atoms with Crippen molar-refractivity contribution in [2.45, 2.75) is 13.5 Å². The number of amides is 1. The van der Waals surface area contributed by atoms with Gasteiger partial charge in [-0.3, -0.25) is 14.5 Å². The Bertz CT molecular complexity index is 785. The van der Waals surface area contributed by atoms with Crippen molar-refractivity contribution in [1.82, 2.24) is 0 Å². The maximum atomic E-state index is 12.4. The second kappa shape index (κ2) is 5.57. The number of rotatable bonds is 3. The third-order valence-corrected chi connectivity index (χ3v) is 4.20. The molecule has 112 valence electrons. The summed E-state index contributed by atoms with van der Waals surface area (Å²) in [6.07, 6.45) is 0. The number of nitrogens with zero attached hydrogens (tertiary/aromatic N) is 1. The van der Waals surface area contributed by atoms with Crippen LogP contribution in [0.4, 0.5) is 5.69 Å². The van der Waals surface area contributed by atoms with E-state index in [2.05, 4.69) is 15.9 Å². The number of Topliss-reactive ketones (excluding diaryl/α,β-unsaturated/α-hetero) is 1. The lowest BCUT2D eigenvalue weighted by atomic mass is 10.1. The molecular weight excluding hydrogens is 346 g/mol. The minimum atomic E-state index is -0.498. The van der Waals surface area contributed by atoms with Crippen LogP contribution >= 0.6 is 15.9 Å². The van der Waals surface area contributed by atoms with Crippen molar-refractivity contribution < 1.29 is 14.3 Å². The molecule has 0 atom stereocenters. The van der Waals surface area contributed by atoms with E-state index in [1.54, 1.807) is 13.2 Å². The van der Waals surface area contributed by atoms with E-state index >= 15 is 0 Å². The van der Waals surface area contributed by atoms with E-state index in [0.29, 0.717) is 23.5 Å². The highest BCUT2D eigenvalue weighted by Crippen LogP contribution is 2.36. The zero-order valence-electron chi connectivity index (χ0n) is 12.2. The summed E-state index contributed by atoms with van der Waals surface area (Å²) in [6.45, 7) is 2.20. The van der Waals surface area contributed by atoms with Gasteiger partial charge in [-0.05, 0) is 30.7 Å². The number of anilines is 1. The fraction of sp³-hybridized carbons (Fsp3) is 0.176. The smallest absolute Gasteiger partial charge is 0.299 e. The minimum Gasteiger partial charge on any atom is -0.496 e. The van der Waals surface area contributed by atoms with Gasteiger partial charge in [0, 0.05) is 10.0 Å². The second-order valence-electron chi connectivity index (χ2n) is 5.15. The molecule has 0 aliphatic carbocycles. The number of para-hydroxylation sites is 1. The molecule has 0 bridgehead atoms. The van der Waals surface area contributed by atoms with Crippen LogP contribution in [0.25, 0.3) is 0 Å². The molecule has 3 rings (SSSR count). The van der Waals surface area contributed by atoms with Crippen molar-refractivity contribution in [1.29, 1.82) is 0 Å². The van der Waals surface area contributed by atoms with Crippen molar-refractivity contribution in [3.63, 3.8) is 0 Å². The number of ketones is 1. The van der Waals surface area contributed by atoms with Crippen LogP contribution in [0.3, 0.4) is 0 Å². The molecule has 0 unspecified atom stereocenters. The molecule has 1 aliphatic rings. The topological polar surface area (TPSA) is 46.6 Å². The maximum absolute atomic E-state index is 12.4. The molecule has 5 heteroatoms. The fourth-order valence-corrected chi connectivity index (χ4v) is 3.33. The molecule has 0 saturated heterocycles. The van der Waals surface area contributed by atoms with Crippen LogP contribution in [-0.2, 0) is 11.3 Å². The number of hydrogen-bond acceptors (Lipinski definition) is 3. The Morgan fingerprint density at radius 3 is 2.64 bits per heavy atom. The lowest BCUT2D eigenvalue weighted by molar-refractivity contribution is -0.114. The predicted octanol–water partition coefficient (Wildman–Crippen LogP) is 3.50. The van der Waals surface area contributed by atoms with E-state index in [4.69, 9.17) is 4.74 Å². The van der Waals surface area contributed by atoms with Crippen LogP contribution in [0, 0.1) is 6.92 Å². The highest BCUT2D eigenvalue weighted by Gasteiger charge is 2.37. The first-order valence-electron chi connectivity index (χ1n) is 6.81. The van der Waals surface area contributed by atoms with Crippen LogP contribution in [0.1, 0.15) is 21.5 Å². The van der Waals surface area contributed by atoms with Gasteiger partial charge in [0.1, 0.15) is 5.75 Å². The minimum absolute atomic E-state index is 0.310. The lowest BCUT2D eigenvalue weighted by Gasteiger charge is -2.20. The van der Waals surface area contributed by atoms with Crippen LogP contribution in [0.15, 0.2) is 40.9 Å². The number of ether oxygens (including phenoxy) is 1. The molecule has 0 N–H and O–H groups in total. The Balaban J connectivity index is 2.07. The first kappa shape index (κ1) is 14.8. The van der Waals surface area contributed by atoms with E-state index in [1.807, 2.05) is 37.3 Å². The van der Waals surface area contributed by atoms with Crippen molar-refractivity contribution >= 4 is 33.3 Å². The molecule has 2 aromatic rings. The monoisotopic (exact) mass is 359 g/mol. The molecule has 1 amide bonds. The molecule has 0 saturated carbocycles. The summed E-state index contributed by atoms with van der Waals surface area (Å²) in [5.74, 6) is -0.262. The summed E-state index contributed by atoms with van der Waals surface area (Å²) in [4.78, 5) is 26.1. The number of aryl methyl sites for hydroxylation is 1. The maximum Gasteiger partial charge on any atom is 0.299 e. The Labute approximate surface area is 136 Å². The van der Waals surface area contributed by atoms with Gasteiger partial charge in [0.05, 0.1) is 24.9 Å². The van der Waals surface area contributed by atoms with E-state index in [9.17, 15) is 9.59 Å². The van der Waals surface area contributed by atoms with E-state index in [1.165, 1.54) is 4.90 Å². The number of hydrogen-bond donors (Lipinski definition) is 0. The highest BCUT2D eigenvalue weighted by atomic mass is 79.9. The summed E-state index contributed by atoms with van der Waals surface area (Å²) >= 11 is 3.37. The molecule has 0 fully saturated rings. The quantitative estimate of drug-likeness (QED) is 0.788. The van der Waals surface area contributed by atoms with E-state index in [0.717, 1.165) is 15.6 Å². The Hall–Kier alpha value is -2.14. The summed E-state index contributed by atoms with van der Waals surface area (Å²) in [5, 5.41) is 0. The second-order valence-corrected chi connectivity index (χ2v) is 6.07. The van der Waals surface area contributed by atoms with Crippen molar-refractivity contribution in [2.75, 3.05) is 12.0 Å². The van der Waals surface area contributed by atoms with Gasteiger partial charge in [0.2, 0.25) is 0 Å². The summed E-state index contributed by atoms with van der Waals surface area (Å²) in [7, 11) is 1.59. The largest absolute Gasteiger partial charge is 0.496 e. The Morgan fingerprint density at radius 2 is 1.91 bits per heavy atom. The number of carbonyl (C=O) groups is 2. The van der Waals surface area contributed by atoms with Gasteiger partial charge in [0.15, 0.2) is 0 Å². The van der Waals surface area contributed by atoms with Gasteiger partial charge in [-0.25, -0.2) is 0 Å². The molecule has 1 aliphatic heterocycles. The average molecular weight is 360 g/mol. The van der Waals surface area contributed by atoms with E-state index < -0.39 is 11.7 Å². The molecular formula is C17H14BrNO3. The fourth-order valence-electron chi connectivity index (χ4n) is 2.76. The van der Waals surface area contributed by atoms with Crippen molar-refractivity contribution in [3.8, 4) is 5.75 Å². The van der Waals surface area contributed by atoms with E-state index in [-0.39, 0.29) is 0 Å². The first-order valence-corrected chi connectivity index (χ1v) is 7.60. The van der Waals surface area contributed by atoms with Gasteiger partial charge < -0.3 is 4.74 Å². The molecule has 0 spiro atoms. The van der Waals surface area contributed by atoms with Gasteiger partial charge in [-0.15, -0.1) is 0 Å². The average Bonchev–Trinajstić information content (AvgIpc) is 2.73. The molecule has 0 aromatic heterocycles. The molecule has 2 aromatic carbocycles. The Morgan fingerprint density at radius 1 is 1.18 bits per heavy atom. The molecule has 22 heavy (non-hydrogen) atoms. The zero-order valence-corrected chi connectivity index (χ0v) is 13.8. The van der Waals surface area contributed by atoms with Crippen LogP contribution < -0.4 is 9.64 Å². The number of methoxy groups -OCH3 is 1. The van der Waals surface area contributed by atoms with Crippen LogP contribution in [-0.4, -0.2) is 18.8 Å². The van der Waals surface area contributed by atoms with Gasteiger partial charge in [0.25, 0.3) is 11.7 Å². The number of benzene rings is 2. The number of carbonyl (C=O) groups excluding carboxylic acids is 2. The summed E-state index contributed by atoms with van der Waals surface area (Å²) in [6, 6.07) is 11.1. The van der Waals surface area contributed by atoms with Gasteiger partial charge in [-0.1, -0.05) is 34.1 Å². The third-order valence-electron chi connectivity index (χ3n) is 3.74. The number of halogens is 1. The van der Waals surface area contributed by atoms with Crippen molar-refractivity contribution in [2.24, 2.45) is 0 Å².